The van der Waals surface area contributed by atoms with E-state index in [0.29, 0.717) is 5.52 Å². The van der Waals surface area contributed by atoms with Crippen LogP contribution in [0.1, 0.15) is 0 Å². The Kier molecular flexibility index (Phi) is 1.83. The van der Waals surface area contributed by atoms with E-state index in [0.717, 1.165) is 11.1 Å². The molecular formula is C9H8FN3. The summed E-state index contributed by atoms with van der Waals surface area (Å²) in [6.45, 7) is 0. The second-order valence-corrected chi connectivity index (χ2v) is 2.66. The van der Waals surface area contributed by atoms with Gasteiger partial charge < -0.3 is 5.43 Å². The number of hydrogen-bond donors (Lipinski definition) is 2. The molecule has 0 atom stereocenters. The third-order valence-corrected chi connectivity index (χ3v) is 1.86. The van der Waals surface area contributed by atoms with Gasteiger partial charge in [-0.1, -0.05) is 0 Å². The molecule has 0 saturated carbocycles. The van der Waals surface area contributed by atoms with Crippen molar-refractivity contribution < 1.29 is 4.39 Å². The van der Waals surface area contributed by atoms with E-state index in [4.69, 9.17) is 5.84 Å². The van der Waals surface area contributed by atoms with Crippen LogP contribution in [0.3, 0.4) is 0 Å². The van der Waals surface area contributed by atoms with Crippen molar-refractivity contribution in [2.24, 2.45) is 5.84 Å². The van der Waals surface area contributed by atoms with Crippen molar-refractivity contribution in [3.63, 3.8) is 0 Å². The highest BCUT2D eigenvalue weighted by Crippen LogP contribution is 2.20. The lowest BCUT2D eigenvalue weighted by atomic mass is 10.2. The number of hydrogen-bond acceptors (Lipinski definition) is 3. The normalized spacial score (nSPS) is 10.3. The molecule has 0 fully saturated rings. The maximum atomic E-state index is 12.8. The number of nitrogens with one attached hydrogen (secondary N) is 1. The zero-order valence-corrected chi connectivity index (χ0v) is 6.79. The number of nitrogen functional groups attached to an aromatic ring is 1. The fraction of sp³-hybridized carbons (Fsp3) is 0. The van der Waals surface area contributed by atoms with Gasteiger partial charge >= 0.3 is 0 Å². The van der Waals surface area contributed by atoms with Crippen molar-refractivity contribution >= 4 is 16.6 Å². The molecule has 0 aliphatic heterocycles. The van der Waals surface area contributed by atoms with E-state index in [1.54, 1.807) is 18.3 Å². The van der Waals surface area contributed by atoms with Gasteiger partial charge in [-0.15, -0.1) is 0 Å². The topological polar surface area (TPSA) is 50.9 Å². The van der Waals surface area contributed by atoms with Gasteiger partial charge in [-0.3, -0.25) is 10.8 Å². The third-order valence-electron chi connectivity index (χ3n) is 1.86. The largest absolute Gasteiger partial charge is 0.323 e. The predicted molar refractivity (Wildman–Crippen MR) is 49.5 cm³/mol. The number of nitrogens with two attached hydrogens (primary N) is 1. The first-order chi connectivity index (χ1) is 6.31. The number of aromatic nitrogens is 1. The Balaban J connectivity index is 2.77. The van der Waals surface area contributed by atoms with E-state index in [9.17, 15) is 4.39 Å². The molecule has 2 aromatic rings. The molecule has 2 rings (SSSR count). The van der Waals surface area contributed by atoms with Gasteiger partial charge in [-0.25, -0.2) is 4.39 Å². The molecule has 0 amide bonds. The Morgan fingerprint density at radius 1 is 1.31 bits per heavy atom. The maximum Gasteiger partial charge on any atom is 0.125 e. The molecule has 66 valence electrons. The predicted octanol–water partition coefficient (Wildman–Crippen LogP) is 1.66. The molecule has 13 heavy (non-hydrogen) atoms. The third kappa shape index (κ3) is 1.31. The lowest BCUT2D eigenvalue weighted by molar-refractivity contribution is 0.629. The lowest BCUT2D eigenvalue weighted by Gasteiger charge is -2.03. The summed E-state index contributed by atoms with van der Waals surface area (Å²) >= 11 is 0. The number of pyridine rings is 1. The molecule has 1 aromatic heterocycles. The number of rotatable bonds is 1. The molecule has 0 aliphatic carbocycles. The van der Waals surface area contributed by atoms with Crippen LogP contribution < -0.4 is 11.3 Å². The number of nitrogens with zero attached hydrogens (tertiary/aromatic N) is 1. The van der Waals surface area contributed by atoms with Gasteiger partial charge in [0.05, 0.1) is 11.2 Å². The molecule has 1 aromatic carbocycles. The zero-order valence-electron chi connectivity index (χ0n) is 6.79. The second-order valence-electron chi connectivity index (χ2n) is 2.66. The van der Waals surface area contributed by atoms with Gasteiger partial charge in [0.15, 0.2) is 0 Å². The highest BCUT2D eigenvalue weighted by atomic mass is 19.1. The van der Waals surface area contributed by atoms with Crippen molar-refractivity contribution in [3.8, 4) is 0 Å². The van der Waals surface area contributed by atoms with Gasteiger partial charge in [-0.2, -0.15) is 0 Å². The number of fused-ring (bicyclic) bond motifs is 1. The summed E-state index contributed by atoms with van der Waals surface area (Å²) in [5, 5.41) is 0.811. The van der Waals surface area contributed by atoms with Crippen LogP contribution in [0.2, 0.25) is 0 Å². The second kappa shape index (κ2) is 2.99. The van der Waals surface area contributed by atoms with Gasteiger partial charge in [0.1, 0.15) is 5.82 Å². The van der Waals surface area contributed by atoms with Crippen molar-refractivity contribution in [3.05, 3.63) is 36.3 Å². The first-order valence-electron chi connectivity index (χ1n) is 3.82. The Morgan fingerprint density at radius 2 is 2.15 bits per heavy atom. The molecular weight excluding hydrogens is 169 g/mol. The summed E-state index contributed by atoms with van der Waals surface area (Å²) in [6.07, 6.45) is 1.58. The summed E-state index contributed by atoms with van der Waals surface area (Å²) in [6, 6.07) is 6.13. The highest BCUT2D eigenvalue weighted by molar-refractivity contribution is 5.90. The first kappa shape index (κ1) is 7.94. The Morgan fingerprint density at radius 3 is 2.92 bits per heavy atom. The Labute approximate surface area is 74.4 Å². The monoisotopic (exact) mass is 177 g/mol. The number of benzene rings is 1. The zero-order chi connectivity index (χ0) is 9.26. The molecule has 0 radical (unpaired) electrons. The van der Waals surface area contributed by atoms with E-state index in [1.807, 2.05) is 0 Å². The fourth-order valence-electron chi connectivity index (χ4n) is 1.25. The lowest BCUT2D eigenvalue weighted by Crippen LogP contribution is -2.07. The van der Waals surface area contributed by atoms with E-state index >= 15 is 0 Å². The first-order valence-corrected chi connectivity index (χ1v) is 3.82. The van der Waals surface area contributed by atoms with Crippen molar-refractivity contribution in [2.45, 2.75) is 0 Å². The maximum absolute atomic E-state index is 12.8. The molecule has 0 saturated heterocycles. The molecule has 1 heterocycles. The van der Waals surface area contributed by atoms with Crippen LogP contribution in [-0.4, -0.2) is 4.98 Å². The number of anilines is 1. The summed E-state index contributed by atoms with van der Waals surface area (Å²) < 4.78 is 12.8. The smallest absolute Gasteiger partial charge is 0.125 e. The van der Waals surface area contributed by atoms with Crippen molar-refractivity contribution in [1.29, 1.82) is 0 Å². The molecule has 0 bridgehead atoms. The van der Waals surface area contributed by atoms with E-state index < -0.39 is 0 Å². The van der Waals surface area contributed by atoms with Crippen LogP contribution >= 0.6 is 0 Å². The van der Waals surface area contributed by atoms with Gasteiger partial charge in [0, 0.05) is 17.6 Å². The van der Waals surface area contributed by atoms with Crippen LogP contribution in [0, 0.1) is 5.82 Å². The van der Waals surface area contributed by atoms with Crippen LogP contribution in [0.4, 0.5) is 10.1 Å². The minimum absolute atomic E-state index is 0.297. The number of halogens is 1. The van der Waals surface area contributed by atoms with Crippen molar-refractivity contribution in [2.75, 3.05) is 5.43 Å². The van der Waals surface area contributed by atoms with Crippen LogP contribution in [-0.2, 0) is 0 Å². The highest BCUT2D eigenvalue weighted by Gasteiger charge is 2.00. The van der Waals surface area contributed by atoms with E-state index in [-0.39, 0.29) is 5.82 Å². The summed E-state index contributed by atoms with van der Waals surface area (Å²) in [5.41, 5.74) is 3.86. The molecule has 0 unspecified atom stereocenters. The molecule has 3 nitrogen and oxygen atoms in total. The minimum Gasteiger partial charge on any atom is -0.323 e. The molecule has 4 heteroatoms. The molecule has 0 spiro atoms. The summed E-state index contributed by atoms with van der Waals surface area (Å²) in [4.78, 5) is 4.02. The summed E-state index contributed by atoms with van der Waals surface area (Å²) in [5.74, 6) is 4.99. The Hall–Kier alpha value is -1.68. The van der Waals surface area contributed by atoms with Crippen LogP contribution in [0.5, 0.6) is 0 Å². The average molecular weight is 177 g/mol. The summed E-state index contributed by atoms with van der Waals surface area (Å²) in [7, 11) is 0. The van der Waals surface area contributed by atoms with E-state index in [1.165, 1.54) is 12.1 Å². The van der Waals surface area contributed by atoms with Crippen LogP contribution in [0.25, 0.3) is 10.9 Å². The molecule has 0 aliphatic rings. The van der Waals surface area contributed by atoms with Gasteiger partial charge in [0.2, 0.25) is 0 Å². The number of hydrazine groups is 1. The van der Waals surface area contributed by atoms with Gasteiger partial charge in [0.25, 0.3) is 0 Å². The SMILES string of the molecule is NNc1ccnc2cc(F)ccc12. The Bertz CT molecular complexity index is 442. The average Bonchev–Trinajstić information content (AvgIpc) is 2.16. The molecule has 3 N–H and O–H groups in total. The quantitative estimate of drug-likeness (QED) is 0.514. The minimum atomic E-state index is -0.297. The van der Waals surface area contributed by atoms with Gasteiger partial charge in [-0.05, 0) is 18.2 Å². The standard InChI is InChI=1S/C9H8FN3/c10-6-1-2-7-8(13-11)3-4-12-9(7)5-6/h1-5H,11H2,(H,12,13). The fourth-order valence-corrected chi connectivity index (χ4v) is 1.25. The van der Waals surface area contributed by atoms with Crippen LogP contribution in [0.15, 0.2) is 30.5 Å². The van der Waals surface area contributed by atoms with E-state index in [2.05, 4.69) is 10.4 Å². The van der Waals surface area contributed by atoms with Crippen molar-refractivity contribution in [1.82, 2.24) is 4.98 Å².